The number of halogens is 2. The maximum atomic E-state index is 15.9. The summed E-state index contributed by atoms with van der Waals surface area (Å²) in [4.78, 5) is 34.2. The van der Waals surface area contributed by atoms with Gasteiger partial charge in [0.2, 0.25) is 23.2 Å². The topological polar surface area (TPSA) is 172 Å². The number of pyridine rings is 1. The number of ketones is 1. The van der Waals surface area contributed by atoms with Gasteiger partial charge in [-0.05, 0) is 48.6 Å². The number of carboxylic acid groups (broad SMARTS) is 1. The minimum absolute atomic E-state index is 0.126. The lowest BCUT2D eigenvalue weighted by Crippen LogP contribution is -2.23. The summed E-state index contributed by atoms with van der Waals surface area (Å²) in [5.41, 5.74) is 12.0. The molecule has 5 N–H and O–H groups in total. The van der Waals surface area contributed by atoms with Gasteiger partial charge in [0.05, 0.1) is 19.2 Å². The number of carbonyl (C=O) groups is 2. The van der Waals surface area contributed by atoms with Gasteiger partial charge in [-0.3, -0.25) is 9.79 Å². The fourth-order valence-electron chi connectivity index (χ4n) is 4.23. The van der Waals surface area contributed by atoms with Crippen molar-refractivity contribution in [3.63, 3.8) is 0 Å². The van der Waals surface area contributed by atoms with Crippen LogP contribution in [0.1, 0.15) is 15.9 Å². The van der Waals surface area contributed by atoms with E-state index >= 15 is 8.78 Å². The van der Waals surface area contributed by atoms with E-state index in [4.69, 9.17) is 30.4 Å². The summed E-state index contributed by atoms with van der Waals surface area (Å²) in [7, 11) is 3.10. The van der Waals surface area contributed by atoms with Crippen LogP contribution >= 0.6 is 0 Å². The number of carboxylic acids is 1. The lowest BCUT2D eigenvalue weighted by molar-refractivity contribution is -0.113. The van der Waals surface area contributed by atoms with Crippen LogP contribution in [-0.4, -0.2) is 59.8 Å². The van der Waals surface area contributed by atoms with Crippen LogP contribution in [0.15, 0.2) is 82.8 Å². The number of benzene rings is 2. The van der Waals surface area contributed by atoms with E-state index in [0.29, 0.717) is 17.9 Å². The number of ether oxygens (including phenoxy) is 4. The molecule has 0 radical (unpaired) electrons. The highest BCUT2D eigenvalue weighted by Gasteiger charge is 2.29. The van der Waals surface area contributed by atoms with Gasteiger partial charge in [-0.25, -0.2) is 4.79 Å². The normalized spacial score (nSPS) is 14.2. The Morgan fingerprint density at radius 2 is 1.75 bits per heavy atom. The van der Waals surface area contributed by atoms with Crippen LogP contribution in [0.5, 0.6) is 34.8 Å². The molecular formula is C30H25F2N5O7. The Hall–Kier alpha value is -5.92. The first-order chi connectivity index (χ1) is 21.0. The second-order valence-corrected chi connectivity index (χ2v) is 9.43. The van der Waals surface area contributed by atoms with E-state index in [9.17, 15) is 14.7 Å². The van der Waals surface area contributed by atoms with E-state index in [-0.39, 0.29) is 34.2 Å². The van der Waals surface area contributed by atoms with Gasteiger partial charge in [0, 0.05) is 24.7 Å². The van der Waals surface area contributed by atoms with Gasteiger partial charge in [-0.2, -0.15) is 13.8 Å². The largest absolute Gasteiger partial charge is 0.493 e. The number of likely N-dealkylation sites (N-methyl/N-ethyl adjacent to an activating group) is 1. The molecule has 12 nitrogen and oxygen atoms in total. The van der Waals surface area contributed by atoms with Crippen molar-refractivity contribution in [3.05, 3.63) is 101 Å². The second-order valence-electron chi connectivity index (χ2n) is 9.43. The minimum Gasteiger partial charge on any atom is -0.493 e. The van der Waals surface area contributed by atoms with Crippen molar-refractivity contribution in [2.75, 3.05) is 27.2 Å². The highest BCUT2D eigenvalue weighted by molar-refractivity contribution is 6.05. The second kappa shape index (κ2) is 12.1. The maximum absolute atomic E-state index is 15.9. The number of hydrogen-bond donors (Lipinski definition) is 3. The molecule has 0 atom stereocenters. The molecule has 0 fully saturated rings. The van der Waals surface area contributed by atoms with E-state index < -0.39 is 46.7 Å². The number of amidine groups is 1. The van der Waals surface area contributed by atoms with Gasteiger partial charge in [0.1, 0.15) is 17.4 Å². The first kappa shape index (κ1) is 29.6. The number of carbonyl (C=O) groups excluding carboxylic acids is 1. The SMILES string of the molecule is COc1cc(C(=O)O)ccc1Oc1c(F)c(OC2=CC(=C(N)N)C=CC2=O)nc(Oc2cccc(C3=NCCN3C)c2)c1F. The van der Waals surface area contributed by atoms with Crippen LogP contribution in [0, 0.1) is 11.6 Å². The minimum atomic E-state index is -1.44. The predicted octanol–water partition coefficient (Wildman–Crippen LogP) is 3.87. The van der Waals surface area contributed by atoms with Crippen molar-refractivity contribution >= 4 is 17.6 Å². The molecule has 5 rings (SSSR count). The highest BCUT2D eigenvalue weighted by atomic mass is 19.1. The van der Waals surface area contributed by atoms with E-state index in [1.54, 1.807) is 18.2 Å². The van der Waals surface area contributed by atoms with Crippen LogP contribution in [0.2, 0.25) is 0 Å². The Kier molecular flexibility index (Phi) is 8.15. The smallest absolute Gasteiger partial charge is 0.335 e. The van der Waals surface area contributed by atoms with Crippen LogP contribution in [0.4, 0.5) is 8.78 Å². The van der Waals surface area contributed by atoms with Crippen LogP contribution in [-0.2, 0) is 4.79 Å². The highest BCUT2D eigenvalue weighted by Crippen LogP contribution is 2.41. The van der Waals surface area contributed by atoms with E-state index in [1.165, 1.54) is 25.3 Å². The molecule has 0 unspecified atom stereocenters. The number of allylic oxidation sites excluding steroid dienone is 4. The van der Waals surface area contributed by atoms with Crippen molar-refractivity contribution in [2.24, 2.45) is 16.5 Å². The number of nitrogens with two attached hydrogens (primary N) is 2. The molecule has 1 aliphatic heterocycles. The summed E-state index contributed by atoms with van der Waals surface area (Å²) < 4.78 is 53.7. The first-order valence-corrected chi connectivity index (χ1v) is 12.9. The fourth-order valence-corrected chi connectivity index (χ4v) is 4.23. The number of methoxy groups -OCH3 is 1. The summed E-state index contributed by atoms with van der Waals surface area (Å²) in [6.45, 7) is 1.34. The average Bonchev–Trinajstić information content (AvgIpc) is 3.44. The predicted molar refractivity (Wildman–Crippen MR) is 153 cm³/mol. The quantitative estimate of drug-likeness (QED) is 0.323. The Morgan fingerprint density at radius 3 is 2.41 bits per heavy atom. The van der Waals surface area contributed by atoms with Crippen LogP contribution < -0.4 is 30.4 Å². The first-order valence-electron chi connectivity index (χ1n) is 12.9. The molecule has 2 heterocycles. The van der Waals surface area contributed by atoms with Crippen molar-refractivity contribution in [3.8, 4) is 34.8 Å². The number of nitrogens with zero attached hydrogens (tertiary/aromatic N) is 3. The molecular weight excluding hydrogens is 580 g/mol. The molecule has 14 heteroatoms. The van der Waals surface area contributed by atoms with Crippen molar-refractivity contribution < 1.29 is 42.4 Å². The molecule has 2 aromatic carbocycles. The number of aliphatic imine (C=N–C) groups is 1. The summed E-state index contributed by atoms with van der Waals surface area (Å²) in [5.74, 6) is -7.51. The number of hydrogen-bond acceptors (Lipinski definition) is 11. The fraction of sp³-hybridized carbons (Fsp3) is 0.133. The molecule has 3 aromatic rings. The van der Waals surface area contributed by atoms with E-state index in [1.807, 2.05) is 11.9 Å². The van der Waals surface area contributed by atoms with Gasteiger partial charge in [-0.1, -0.05) is 12.1 Å². The van der Waals surface area contributed by atoms with Crippen LogP contribution in [0.25, 0.3) is 0 Å². The summed E-state index contributed by atoms with van der Waals surface area (Å²) >= 11 is 0. The van der Waals surface area contributed by atoms with Gasteiger partial charge in [-0.15, -0.1) is 0 Å². The van der Waals surface area contributed by atoms with Crippen molar-refractivity contribution in [1.29, 1.82) is 0 Å². The molecule has 0 spiro atoms. The van der Waals surface area contributed by atoms with Crippen molar-refractivity contribution in [2.45, 2.75) is 0 Å². The molecule has 0 saturated carbocycles. The monoisotopic (exact) mass is 605 g/mol. The summed E-state index contributed by atoms with van der Waals surface area (Å²) in [6, 6.07) is 10.00. The third kappa shape index (κ3) is 5.99. The zero-order valence-corrected chi connectivity index (χ0v) is 23.3. The third-order valence-electron chi connectivity index (χ3n) is 6.45. The third-order valence-corrected chi connectivity index (χ3v) is 6.45. The molecule has 2 aliphatic rings. The Labute approximate surface area is 249 Å². The van der Waals surface area contributed by atoms with Crippen molar-refractivity contribution in [1.82, 2.24) is 9.88 Å². The standard InChI is InChI=1S/C30H25F2N5O7/c1-37-11-10-35-27(37)16-4-3-5-18(12-16)42-28-23(31)25(43-20-9-7-17(30(39)40)14-22(20)41-2)24(32)29(36-28)44-21-13-15(26(33)34)6-8-19(21)38/h3-9,12-14H,10-11,33-34H2,1-2H3,(H,39,40). The van der Waals surface area contributed by atoms with Crippen LogP contribution in [0.3, 0.4) is 0 Å². The molecule has 0 saturated heterocycles. The Morgan fingerprint density at radius 1 is 1.00 bits per heavy atom. The number of rotatable bonds is 9. The lowest BCUT2D eigenvalue weighted by Gasteiger charge is -2.17. The molecule has 226 valence electrons. The zero-order chi connectivity index (χ0) is 31.5. The zero-order valence-electron chi connectivity index (χ0n) is 23.3. The number of aromatic carboxylic acids is 1. The maximum Gasteiger partial charge on any atom is 0.335 e. The van der Waals surface area contributed by atoms with Gasteiger partial charge < -0.3 is 40.4 Å². The Bertz CT molecular complexity index is 1800. The van der Waals surface area contributed by atoms with E-state index in [0.717, 1.165) is 30.8 Å². The average molecular weight is 606 g/mol. The number of aromatic nitrogens is 1. The molecule has 0 bridgehead atoms. The molecule has 44 heavy (non-hydrogen) atoms. The Balaban J connectivity index is 1.59. The molecule has 1 aromatic heterocycles. The summed E-state index contributed by atoms with van der Waals surface area (Å²) in [5, 5.41) is 9.30. The van der Waals surface area contributed by atoms with Gasteiger partial charge in [0.25, 0.3) is 11.8 Å². The van der Waals surface area contributed by atoms with Gasteiger partial charge >= 0.3 is 5.97 Å². The van der Waals surface area contributed by atoms with E-state index in [2.05, 4.69) is 9.98 Å². The summed E-state index contributed by atoms with van der Waals surface area (Å²) in [6.07, 6.45) is 3.61. The van der Waals surface area contributed by atoms with Gasteiger partial charge in [0.15, 0.2) is 17.3 Å². The molecule has 1 aliphatic carbocycles. The molecule has 0 amide bonds. The lowest BCUT2D eigenvalue weighted by atomic mass is 10.1.